The number of aromatic nitrogens is 1. The third kappa shape index (κ3) is 4.73. The Hall–Kier alpha value is -2.11. The number of carbonyl (C=O) groups excluding carboxylic acids is 3. The molecule has 0 spiro atoms. The number of ether oxygens (including phenoxy) is 1. The third-order valence-electron chi connectivity index (χ3n) is 6.04. The number of hydrogen-bond donors (Lipinski definition) is 0. The van der Waals surface area contributed by atoms with E-state index in [1.807, 2.05) is 13.8 Å². The fraction of sp³-hybridized carbons (Fsp3) is 0.696. The van der Waals surface area contributed by atoms with E-state index in [4.69, 9.17) is 4.74 Å². The zero-order valence-corrected chi connectivity index (χ0v) is 19.0. The molecule has 1 atom stereocenters. The summed E-state index contributed by atoms with van der Waals surface area (Å²) in [5.74, 6) is -0.156. The lowest BCUT2D eigenvalue weighted by atomic mass is 9.97. The van der Waals surface area contributed by atoms with E-state index < -0.39 is 12.0 Å². The molecule has 162 valence electrons. The molecule has 1 aromatic heterocycles. The molecule has 1 heterocycles. The Labute approximate surface area is 174 Å². The zero-order valence-electron chi connectivity index (χ0n) is 19.0. The summed E-state index contributed by atoms with van der Waals surface area (Å²) in [7, 11) is 1.77. The number of hydrogen-bond acceptors (Lipinski definition) is 4. The van der Waals surface area contributed by atoms with Crippen LogP contribution in [0.4, 0.5) is 0 Å². The third-order valence-corrected chi connectivity index (χ3v) is 6.04. The summed E-state index contributed by atoms with van der Waals surface area (Å²) in [6.07, 6.45) is 3.97. The number of esters is 1. The summed E-state index contributed by atoms with van der Waals surface area (Å²) >= 11 is 0. The number of amides is 1. The first kappa shape index (κ1) is 23.2. The van der Waals surface area contributed by atoms with Crippen LogP contribution in [0.3, 0.4) is 0 Å². The second kappa shape index (κ2) is 9.59. The van der Waals surface area contributed by atoms with Crippen molar-refractivity contribution < 1.29 is 19.1 Å². The molecule has 1 aromatic rings. The van der Waals surface area contributed by atoms with Crippen molar-refractivity contribution in [3.63, 3.8) is 0 Å². The Morgan fingerprint density at radius 2 is 1.72 bits per heavy atom. The van der Waals surface area contributed by atoms with Crippen molar-refractivity contribution in [3.05, 3.63) is 22.5 Å². The fourth-order valence-electron chi connectivity index (χ4n) is 4.42. The largest absolute Gasteiger partial charge is 0.461 e. The first-order chi connectivity index (χ1) is 13.6. The molecule has 1 aliphatic carbocycles. The lowest BCUT2D eigenvalue weighted by Crippen LogP contribution is -2.47. The predicted molar refractivity (Wildman–Crippen MR) is 113 cm³/mol. The van der Waals surface area contributed by atoms with E-state index in [2.05, 4.69) is 13.8 Å². The lowest BCUT2D eigenvalue weighted by molar-refractivity contribution is -0.137. The maximum atomic E-state index is 13.5. The van der Waals surface area contributed by atoms with Gasteiger partial charge in [0.1, 0.15) is 5.69 Å². The minimum absolute atomic E-state index is 0.0251. The Morgan fingerprint density at radius 1 is 1.14 bits per heavy atom. The summed E-state index contributed by atoms with van der Waals surface area (Å²) in [5, 5.41) is 0. The average Bonchev–Trinajstić information content (AvgIpc) is 3.26. The highest BCUT2D eigenvalue weighted by atomic mass is 16.5. The fourth-order valence-corrected chi connectivity index (χ4v) is 4.42. The number of nitrogens with zero attached hydrogens (tertiary/aromatic N) is 2. The molecule has 0 N–H and O–H groups in total. The Bertz CT molecular complexity index is 772. The van der Waals surface area contributed by atoms with Gasteiger partial charge in [-0.25, -0.2) is 4.79 Å². The highest BCUT2D eigenvalue weighted by Crippen LogP contribution is 2.29. The van der Waals surface area contributed by atoms with Crippen LogP contribution >= 0.6 is 0 Å². The molecule has 1 aliphatic rings. The molecule has 0 bridgehead atoms. The van der Waals surface area contributed by atoms with Gasteiger partial charge in [0.15, 0.2) is 5.78 Å². The molecule has 6 heteroatoms. The maximum Gasteiger partial charge on any atom is 0.355 e. The van der Waals surface area contributed by atoms with Crippen molar-refractivity contribution in [2.24, 2.45) is 18.9 Å². The van der Waals surface area contributed by atoms with Gasteiger partial charge in [-0.15, -0.1) is 0 Å². The van der Waals surface area contributed by atoms with Crippen molar-refractivity contribution >= 4 is 17.7 Å². The van der Waals surface area contributed by atoms with Gasteiger partial charge in [0.05, 0.1) is 12.6 Å². The normalized spacial score (nSPS) is 15.6. The van der Waals surface area contributed by atoms with Gasteiger partial charge in [-0.2, -0.15) is 0 Å². The van der Waals surface area contributed by atoms with Crippen LogP contribution in [0.15, 0.2) is 0 Å². The van der Waals surface area contributed by atoms with E-state index in [1.54, 1.807) is 30.4 Å². The first-order valence-corrected chi connectivity index (χ1v) is 10.8. The van der Waals surface area contributed by atoms with Crippen LogP contribution in [-0.4, -0.2) is 46.3 Å². The maximum absolute atomic E-state index is 13.5. The Kier molecular flexibility index (Phi) is 7.66. The highest BCUT2D eigenvalue weighted by Gasteiger charge is 2.35. The van der Waals surface area contributed by atoms with Gasteiger partial charge in [-0.1, -0.05) is 26.7 Å². The van der Waals surface area contributed by atoms with Gasteiger partial charge < -0.3 is 14.2 Å². The monoisotopic (exact) mass is 404 g/mol. The molecule has 0 aliphatic heterocycles. The first-order valence-electron chi connectivity index (χ1n) is 10.8. The van der Waals surface area contributed by atoms with Crippen molar-refractivity contribution in [2.45, 2.75) is 73.3 Å². The molecule has 1 saturated carbocycles. The van der Waals surface area contributed by atoms with Gasteiger partial charge in [-0.05, 0) is 52.0 Å². The second-order valence-electron chi connectivity index (χ2n) is 8.62. The van der Waals surface area contributed by atoms with Gasteiger partial charge in [0, 0.05) is 30.8 Å². The molecule has 1 amide bonds. The van der Waals surface area contributed by atoms with Crippen LogP contribution < -0.4 is 0 Å². The van der Waals surface area contributed by atoms with Crippen LogP contribution in [0.2, 0.25) is 0 Å². The molecular weight excluding hydrogens is 368 g/mol. The molecule has 1 fully saturated rings. The van der Waals surface area contributed by atoms with E-state index in [1.165, 1.54) is 0 Å². The van der Waals surface area contributed by atoms with Gasteiger partial charge in [0.2, 0.25) is 5.91 Å². The predicted octanol–water partition coefficient (Wildman–Crippen LogP) is 4.06. The van der Waals surface area contributed by atoms with Crippen molar-refractivity contribution in [2.75, 3.05) is 13.2 Å². The standard InChI is InChI=1S/C23H36N2O4/c1-8-29-23(28)20-15(4)19(16(5)24(20)7)21(26)17(6)25(13-14(2)3)22(27)18-11-9-10-12-18/h14,17-18H,8-13H2,1-7H3. The van der Waals surface area contributed by atoms with Crippen LogP contribution in [0.1, 0.15) is 85.5 Å². The van der Waals surface area contributed by atoms with Gasteiger partial charge >= 0.3 is 5.97 Å². The smallest absolute Gasteiger partial charge is 0.355 e. The van der Waals surface area contributed by atoms with Crippen molar-refractivity contribution in [1.29, 1.82) is 0 Å². The van der Waals surface area contributed by atoms with Crippen LogP contribution in [0, 0.1) is 25.7 Å². The summed E-state index contributed by atoms with van der Waals surface area (Å²) in [4.78, 5) is 40.9. The molecular formula is C23H36N2O4. The SMILES string of the molecule is CCOC(=O)c1c(C)c(C(=O)C(C)N(CC(C)C)C(=O)C2CCCC2)c(C)n1C. The molecule has 6 nitrogen and oxygen atoms in total. The van der Waals surface area contributed by atoms with Crippen molar-refractivity contribution in [1.82, 2.24) is 9.47 Å². The number of ketones is 1. The number of carbonyl (C=O) groups is 3. The van der Waals surface area contributed by atoms with Crippen LogP contribution in [0.25, 0.3) is 0 Å². The molecule has 29 heavy (non-hydrogen) atoms. The number of rotatable bonds is 8. The quantitative estimate of drug-likeness (QED) is 0.484. The van der Waals surface area contributed by atoms with Crippen LogP contribution in [-0.2, 0) is 16.6 Å². The summed E-state index contributed by atoms with van der Waals surface area (Å²) < 4.78 is 6.89. The minimum Gasteiger partial charge on any atom is -0.461 e. The zero-order chi connectivity index (χ0) is 21.9. The van der Waals surface area contributed by atoms with E-state index >= 15 is 0 Å². The molecule has 1 unspecified atom stereocenters. The van der Waals surface area contributed by atoms with E-state index in [0.717, 1.165) is 31.4 Å². The Balaban J connectivity index is 2.38. The molecule has 2 rings (SSSR count). The van der Waals surface area contributed by atoms with Gasteiger partial charge in [-0.3, -0.25) is 9.59 Å². The van der Waals surface area contributed by atoms with Gasteiger partial charge in [0.25, 0.3) is 0 Å². The highest BCUT2D eigenvalue weighted by molar-refractivity contribution is 6.06. The van der Waals surface area contributed by atoms with Crippen LogP contribution in [0.5, 0.6) is 0 Å². The molecule has 0 aromatic carbocycles. The Morgan fingerprint density at radius 3 is 2.24 bits per heavy atom. The number of Topliss-reactive ketones (excluding diaryl/α,β-unsaturated/α-hetero) is 1. The summed E-state index contributed by atoms with van der Waals surface area (Å²) in [6, 6.07) is -0.569. The van der Waals surface area contributed by atoms with E-state index in [9.17, 15) is 14.4 Å². The molecule has 0 saturated heterocycles. The summed E-state index contributed by atoms with van der Waals surface area (Å²) in [5.41, 5.74) is 2.27. The average molecular weight is 405 g/mol. The van der Waals surface area contributed by atoms with E-state index in [-0.39, 0.29) is 30.1 Å². The second-order valence-corrected chi connectivity index (χ2v) is 8.62. The molecule has 0 radical (unpaired) electrons. The topological polar surface area (TPSA) is 68.6 Å². The van der Waals surface area contributed by atoms with Crippen molar-refractivity contribution in [3.8, 4) is 0 Å². The lowest BCUT2D eigenvalue weighted by Gasteiger charge is -2.32. The van der Waals surface area contributed by atoms with E-state index in [0.29, 0.717) is 23.4 Å². The summed E-state index contributed by atoms with van der Waals surface area (Å²) in [6.45, 7) is 12.1. The minimum atomic E-state index is -0.569.